The Morgan fingerprint density at radius 1 is 1.08 bits per heavy atom. The van der Waals surface area contributed by atoms with Crippen LogP contribution in [0, 0.1) is 12.7 Å². The summed E-state index contributed by atoms with van der Waals surface area (Å²) < 4.78 is 13.1. The minimum atomic E-state index is -1.07. The van der Waals surface area contributed by atoms with Crippen molar-refractivity contribution in [3.63, 3.8) is 0 Å². The Bertz CT molecular complexity index is 1050. The summed E-state index contributed by atoms with van der Waals surface area (Å²) in [6, 6.07) is 13.2. The molecule has 0 fully saturated rings. The normalized spacial score (nSPS) is 12.3. The first-order valence-corrected chi connectivity index (χ1v) is 8.08. The largest absolute Gasteiger partial charge is 0.380 e. The van der Waals surface area contributed by atoms with E-state index in [2.05, 4.69) is 25.5 Å². The van der Waals surface area contributed by atoms with Crippen LogP contribution in [0.3, 0.4) is 0 Å². The lowest BCUT2D eigenvalue weighted by atomic mass is 10.1. The lowest BCUT2D eigenvalue weighted by Gasteiger charge is -2.14. The molecule has 0 amide bonds. The highest BCUT2D eigenvalue weighted by molar-refractivity contribution is 5.91. The van der Waals surface area contributed by atoms with Crippen molar-refractivity contribution in [2.24, 2.45) is 0 Å². The standard InChI is InChI=1S/C19H16FN5O/c1-11-2-7-14-15(10-11)22-19(17(26)12-3-5-13(20)6-4-12)24-18(14)23-16-8-9-21-25-16/h2-10,17,26H,1H3,(H2,21,22,23,24,25). The van der Waals surface area contributed by atoms with Crippen LogP contribution in [0.1, 0.15) is 23.1 Å². The molecule has 1 atom stereocenters. The van der Waals surface area contributed by atoms with Gasteiger partial charge in [0.15, 0.2) is 5.82 Å². The van der Waals surface area contributed by atoms with Gasteiger partial charge in [0.1, 0.15) is 23.6 Å². The number of halogens is 1. The van der Waals surface area contributed by atoms with E-state index in [0.717, 1.165) is 10.9 Å². The SMILES string of the molecule is Cc1ccc2c(Nc3ccn[nH]3)nc(C(O)c3ccc(F)cc3)nc2c1. The van der Waals surface area contributed by atoms with Gasteiger partial charge in [-0.1, -0.05) is 18.2 Å². The van der Waals surface area contributed by atoms with Crippen LogP contribution < -0.4 is 5.32 Å². The van der Waals surface area contributed by atoms with Gasteiger partial charge in [-0.3, -0.25) is 5.10 Å². The van der Waals surface area contributed by atoms with Gasteiger partial charge in [-0.25, -0.2) is 14.4 Å². The first-order chi connectivity index (χ1) is 12.6. The van der Waals surface area contributed by atoms with Gasteiger partial charge in [0, 0.05) is 11.5 Å². The first kappa shape index (κ1) is 16.2. The number of rotatable bonds is 4. The molecule has 4 aromatic rings. The quantitative estimate of drug-likeness (QED) is 0.524. The molecule has 0 spiro atoms. The number of aliphatic hydroxyl groups excluding tert-OH is 1. The zero-order valence-electron chi connectivity index (χ0n) is 13.9. The van der Waals surface area contributed by atoms with Crippen LogP contribution in [0.2, 0.25) is 0 Å². The average Bonchev–Trinajstić information content (AvgIpc) is 3.14. The Hall–Kier alpha value is -3.32. The Balaban J connectivity index is 1.82. The molecule has 0 aliphatic carbocycles. The number of aromatic amines is 1. The third-order valence-corrected chi connectivity index (χ3v) is 4.05. The summed E-state index contributed by atoms with van der Waals surface area (Å²) in [5.74, 6) is 1.09. The average molecular weight is 349 g/mol. The molecular weight excluding hydrogens is 333 g/mol. The van der Waals surface area contributed by atoms with Gasteiger partial charge in [0.25, 0.3) is 0 Å². The summed E-state index contributed by atoms with van der Waals surface area (Å²) in [5, 5.41) is 21.4. The molecule has 130 valence electrons. The van der Waals surface area contributed by atoms with Crippen LogP contribution in [-0.4, -0.2) is 25.3 Å². The Morgan fingerprint density at radius 2 is 1.88 bits per heavy atom. The number of hydrogen-bond donors (Lipinski definition) is 3. The van der Waals surface area contributed by atoms with E-state index in [1.54, 1.807) is 12.3 Å². The number of nitrogens with one attached hydrogen (secondary N) is 2. The maximum Gasteiger partial charge on any atom is 0.164 e. The van der Waals surface area contributed by atoms with Crippen molar-refractivity contribution in [2.45, 2.75) is 13.0 Å². The number of nitrogens with zero attached hydrogens (tertiary/aromatic N) is 3. The molecule has 6 nitrogen and oxygen atoms in total. The molecule has 4 rings (SSSR count). The summed E-state index contributed by atoms with van der Waals surface area (Å²) in [5.41, 5.74) is 2.27. The number of hydrogen-bond acceptors (Lipinski definition) is 5. The van der Waals surface area contributed by atoms with Crippen molar-refractivity contribution in [3.8, 4) is 0 Å². The molecular formula is C19H16FN5O. The summed E-state index contributed by atoms with van der Waals surface area (Å²) in [4.78, 5) is 8.99. The molecule has 0 bridgehead atoms. The highest BCUT2D eigenvalue weighted by Gasteiger charge is 2.17. The molecule has 3 N–H and O–H groups in total. The number of benzene rings is 2. The van der Waals surface area contributed by atoms with E-state index in [4.69, 9.17) is 0 Å². The number of H-pyrrole nitrogens is 1. The zero-order valence-corrected chi connectivity index (χ0v) is 13.9. The third-order valence-electron chi connectivity index (χ3n) is 4.05. The van der Waals surface area contributed by atoms with E-state index in [1.165, 1.54) is 24.3 Å². The summed E-state index contributed by atoms with van der Waals surface area (Å²) >= 11 is 0. The van der Waals surface area contributed by atoms with Crippen LogP contribution in [0.25, 0.3) is 10.9 Å². The van der Waals surface area contributed by atoms with Gasteiger partial charge in [-0.15, -0.1) is 0 Å². The van der Waals surface area contributed by atoms with E-state index in [-0.39, 0.29) is 11.6 Å². The van der Waals surface area contributed by atoms with Gasteiger partial charge in [-0.2, -0.15) is 5.10 Å². The highest BCUT2D eigenvalue weighted by Crippen LogP contribution is 2.28. The topological polar surface area (TPSA) is 86.7 Å². The molecule has 0 radical (unpaired) electrons. The van der Waals surface area contributed by atoms with Gasteiger partial charge in [0.05, 0.1) is 11.7 Å². The van der Waals surface area contributed by atoms with Crippen molar-refractivity contribution in [1.82, 2.24) is 20.2 Å². The predicted octanol–water partition coefficient (Wildman–Crippen LogP) is 3.63. The second kappa shape index (κ2) is 6.53. The third kappa shape index (κ3) is 3.12. The van der Waals surface area contributed by atoms with E-state index in [0.29, 0.717) is 22.7 Å². The predicted molar refractivity (Wildman–Crippen MR) is 96.6 cm³/mol. The Kier molecular flexibility index (Phi) is 4.06. The summed E-state index contributed by atoms with van der Waals surface area (Å²) in [7, 11) is 0. The molecule has 0 aliphatic rings. The van der Waals surface area contributed by atoms with Crippen molar-refractivity contribution < 1.29 is 9.50 Å². The van der Waals surface area contributed by atoms with Gasteiger partial charge in [0.2, 0.25) is 0 Å². The number of aryl methyl sites for hydroxylation is 1. The summed E-state index contributed by atoms with van der Waals surface area (Å²) in [6.07, 6.45) is 0.562. The smallest absolute Gasteiger partial charge is 0.164 e. The van der Waals surface area contributed by atoms with Gasteiger partial charge < -0.3 is 10.4 Å². The number of fused-ring (bicyclic) bond motifs is 1. The van der Waals surface area contributed by atoms with E-state index in [9.17, 15) is 9.50 Å². The molecule has 2 aromatic carbocycles. The van der Waals surface area contributed by atoms with Crippen molar-refractivity contribution in [1.29, 1.82) is 0 Å². The van der Waals surface area contributed by atoms with E-state index < -0.39 is 6.10 Å². The summed E-state index contributed by atoms with van der Waals surface area (Å²) in [6.45, 7) is 1.97. The van der Waals surface area contributed by atoms with Crippen LogP contribution in [0.4, 0.5) is 16.0 Å². The fourth-order valence-electron chi connectivity index (χ4n) is 2.72. The fourth-order valence-corrected chi connectivity index (χ4v) is 2.72. The van der Waals surface area contributed by atoms with Crippen LogP contribution in [0.5, 0.6) is 0 Å². The maximum atomic E-state index is 13.1. The number of anilines is 2. The Labute approximate surface area is 148 Å². The number of aromatic nitrogens is 4. The molecule has 2 heterocycles. The molecule has 1 unspecified atom stereocenters. The molecule has 0 saturated heterocycles. The highest BCUT2D eigenvalue weighted by atomic mass is 19.1. The van der Waals surface area contributed by atoms with Crippen LogP contribution in [-0.2, 0) is 0 Å². The minimum Gasteiger partial charge on any atom is -0.380 e. The molecule has 0 aliphatic heterocycles. The molecule has 0 saturated carbocycles. The lowest BCUT2D eigenvalue weighted by Crippen LogP contribution is -2.08. The van der Waals surface area contributed by atoms with E-state index in [1.807, 2.05) is 25.1 Å². The molecule has 7 heteroatoms. The van der Waals surface area contributed by atoms with Crippen molar-refractivity contribution >= 4 is 22.5 Å². The zero-order chi connectivity index (χ0) is 18.1. The maximum absolute atomic E-state index is 13.1. The second-order valence-electron chi connectivity index (χ2n) is 6.00. The molecule has 2 aromatic heterocycles. The monoisotopic (exact) mass is 349 g/mol. The van der Waals surface area contributed by atoms with Crippen LogP contribution in [0.15, 0.2) is 54.7 Å². The second-order valence-corrected chi connectivity index (χ2v) is 6.00. The van der Waals surface area contributed by atoms with Gasteiger partial charge >= 0.3 is 0 Å². The van der Waals surface area contributed by atoms with Crippen molar-refractivity contribution in [3.05, 3.63) is 77.5 Å². The van der Waals surface area contributed by atoms with E-state index >= 15 is 0 Å². The van der Waals surface area contributed by atoms with Crippen molar-refractivity contribution in [2.75, 3.05) is 5.32 Å². The first-order valence-electron chi connectivity index (χ1n) is 8.08. The lowest BCUT2D eigenvalue weighted by molar-refractivity contribution is 0.210. The fraction of sp³-hybridized carbons (Fsp3) is 0.105. The number of aliphatic hydroxyl groups is 1. The minimum absolute atomic E-state index is 0.233. The van der Waals surface area contributed by atoms with Gasteiger partial charge in [-0.05, 0) is 42.3 Å². The Morgan fingerprint density at radius 3 is 2.62 bits per heavy atom. The molecule has 26 heavy (non-hydrogen) atoms. The van der Waals surface area contributed by atoms with Crippen LogP contribution >= 0.6 is 0 Å².